The average molecular weight is 243 g/mol. The summed E-state index contributed by atoms with van der Waals surface area (Å²) in [6.07, 6.45) is 0.881. The molecule has 18 heavy (non-hydrogen) atoms. The molecule has 0 bridgehead atoms. The average Bonchev–Trinajstić information content (AvgIpc) is 2.80. The summed E-state index contributed by atoms with van der Waals surface area (Å²) >= 11 is 0. The van der Waals surface area contributed by atoms with Crippen LogP contribution in [-0.4, -0.2) is 6.61 Å². The molecule has 1 aliphatic heterocycles. The van der Waals surface area contributed by atoms with Crippen molar-refractivity contribution in [2.45, 2.75) is 13.3 Å². The number of fused-ring (bicyclic) bond motifs is 1. The van der Waals surface area contributed by atoms with Crippen molar-refractivity contribution in [1.82, 2.24) is 0 Å². The molecule has 0 spiro atoms. The Bertz CT molecular complexity index is 622. The van der Waals surface area contributed by atoms with E-state index < -0.39 is 0 Å². The third-order valence-corrected chi connectivity index (χ3v) is 3.36. The van der Waals surface area contributed by atoms with Crippen LogP contribution in [0.4, 0.5) is 10.1 Å². The lowest BCUT2D eigenvalue weighted by atomic mass is 9.99. The Hall–Kier alpha value is -2.03. The molecule has 1 heterocycles. The summed E-state index contributed by atoms with van der Waals surface area (Å²) in [7, 11) is 0. The Morgan fingerprint density at radius 1 is 1.22 bits per heavy atom. The molecule has 2 aromatic carbocycles. The number of aryl methyl sites for hydroxylation is 1. The second-order valence-electron chi connectivity index (χ2n) is 4.61. The van der Waals surface area contributed by atoms with Crippen LogP contribution in [0.5, 0.6) is 5.75 Å². The predicted molar refractivity (Wildman–Crippen MR) is 70.2 cm³/mol. The number of anilines is 1. The van der Waals surface area contributed by atoms with E-state index in [1.165, 1.54) is 6.07 Å². The lowest BCUT2D eigenvalue weighted by Gasteiger charge is -2.08. The molecule has 0 saturated carbocycles. The van der Waals surface area contributed by atoms with Gasteiger partial charge in [0, 0.05) is 17.7 Å². The van der Waals surface area contributed by atoms with Gasteiger partial charge in [0.25, 0.3) is 0 Å². The molecule has 0 aromatic heterocycles. The molecule has 2 N–H and O–H groups in total. The van der Waals surface area contributed by atoms with Crippen molar-refractivity contribution in [2.24, 2.45) is 0 Å². The number of ether oxygens (including phenoxy) is 1. The predicted octanol–water partition coefficient (Wildman–Crippen LogP) is 3.32. The van der Waals surface area contributed by atoms with Crippen molar-refractivity contribution in [3.05, 3.63) is 47.3 Å². The van der Waals surface area contributed by atoms with Crippen LogP contribution in [0.3, 0.4) is 0 Å². The van der Waals surface area contributed by atoms with Crippen LogP contribution in [0, 0.1) is 12.7 Å². The second-order valence-corrected chi connectivity index (χ2v) is 4.61. The lowest BCUT2D eigenvalue weighted by molar-refractivity contribution is 0.357. The monoisotopic (exact) mass is 243 g/mol. The van der Waals surface area contributed by atoms with Crippen molar-refractivity contribution in [1.29, 1.82) is 0 Å². The SMILES string of the molecule is Cc1cc(F)c(-c2ccc3c(c2)CCO3)cc1N. The van der Waals surface area contributed by atoms with Gasteiger partial charge in [0.1, 0.15) is 11.6 Å². The molecule has 0 unspecified atom stereocenters. The molecule has 0 fully saturated rings. The van der Waals surface area contributed by atoms with E-state index in [1.54, 1.807) is 13.0 Å². The fraction of sp³-hybridized carbons (Fsp3) is 0.200. The minimum atomic E-state index is -0.236. The topological polar surface area (TPSA) is 35.2 Å². The third kappa shape index (κ3) is 1.72. The van der Waals surface area contributed by atoms with Crippen LogP contribution < -0.4 is 10.5 Å². The van der Waals surface area contributed by atoms with E-state index in [0.717, 1.165) is 28.9 Å². The van der Waals surface area contributed by atoms with Crippen molar-refractivity contribution >= 4 is 5.69 Å². The molecule has 92 valence electrons. The first-order valence-corrected chi connectivity index (χ1v) is 5.97. The number of benzene rings is 2. The highest BCUT2D eigenvalue weighted by Crippen LogP contribution is 2.33. The minimum absolute atomic E-state index is 0.236. The highest BCUT2D eigenvalue weighted by molar-refractivity contribution is 5.71. The highest BCUT2D eigenvalue weighted by Gasteiger charge is 2.14. The maximum absolute atomic E-state index is 14.0. The molecule has 3 rings (SSSR count). The van der Waals surface area contributed by atoms with Crippen molar-refractivity contribution in [2.75, 3.05) is 12.3 Å². The fourth-order valence-electron chi connectivity index (χ4n) is 2.26. The Labute approximate surface area is 105 Å². The van der Waals surface area contributed by atoms with Crippen LogP contribution >= 0.6 is 0 Å². The smallest absolute Gasteiger partial charge is 0.131 e. The first-order chi connectivity index (χ1) is 8.65. The first kappa shape index (κ1) is 11.1. The summed E-state index contributed by atoms with van der Waals surface area (Å²) in [5, 5.41) is 0. The van der Waals surface area contributed by atoms with Gasteiger partial charge in [-0.2, -0.15) is 0 Å². The molecule has 2 aromatic rings. The van der Waals surface area contributed by atoms with E-state index in [1.807, 2.05) is 18.2 Å². The van der Waals surface area contributed by atoms with E-state index in [9.17, 15) is 4.39 Å². The zero-order valence-corrected chi connectivity index (χ0v) is 10.2. The number of hydrogen-bond donors (Lipinski definition) is 1. The maximum Gasteiger partial charge on any atom is 0.131 e. The number of nitrogens with two attached hydrogens (primary N) is 1. The normalized spacial score (nSPS) is 13.2. The van der Waals surface area contributed by atoms with Crippen molar-refractivity contribution < 1.29 is 9.13 Å². The van der Waals surface area contributed by atoms with Gasteiger partial charge in [-0.05, 0) is 47.9 Å². The number of hydrogen-bond acceptors (Lipinski definition) is 2. The fourth-order valence-corrected chi connectivity index (χ4v) is 2.26. The molecule has 0 saturated heterocycles. The van der Waals surface area contributed by atoms with Gasteiger partial charge in [-0.3, -0.25) is 0 Å². The Morgan fingerprint density at radius 3 is 2.89 bits per heavy atom. The zero-order valence-electron chi connectivity index (χ0n) is 10.2. The molecule has 0 amide bonds. The lowest BCUT2D eigenvalue weighted by Crippen LogP contribution is -1.94. The first-order valence-electron chi connectivity index (χ1n) is 5.97. The quantitative estimate of drug-likeness (QED) is 0.780. The molecule has 0 aliphatic carbocycles. The molecule has 3 heteroatoms. The van der Waals surface area contributed by atoms with Crippen molar-refractivity contribution in [3.8, 4) is 16.9 Å². The summed E-state index contributed by atoms with van der Waals surface area (Å²) in [4.78, 5) is 0. The Balaban J connectivity index is 2.12. The van der Waals surface area contributed by atoms with Gasteiger partial charge in [0.05, 0.1) is 6.61 Å². The van der Waals surface area contributed by atoms with E-state index in [0.29, 0.717) is 17.9 Å². The third-order valence-electron chi connectivity index (χ3n) is 3.36. The van der Waals surface area contributed by atoms with Gasteiger partial charge in [-0.25, -0.2) is 4.39 Å². The highest BCUT2D eigenvalue weighted by atomic mass is 19.1. The van der Waals surface area contributed by atoms with Crippen LogP contribution in [0.1, 0.15) is 11.1 Å². The van der Waals surface area contributed by atoms with Crippen LogP contribution in [0.2, 0.25) is 0 Å². The molecular weight excluding hydrogens is 229 g/mol. The second kappa shape index (κ2) is 4.02. The van der Waals surface area contributed by atoms with Gasteiger partial charge < -0.3 is 10.5 Å². The Kier molecular flexibility index (Phi) is 2.47. The minimum Gasteiger partial charge on any atom is -0.493 e. The van der Waals surface area contributed by atoms with E-state index in [2.05, 4.69) is 0 Å². The van der Waals surface area contributed by atoms with Gasteiger partial charge >= 0.3 is 0 Å². The van der Waals surface area contributed by atoms with E-state index in [-0.39, 0.29) is 5.82 Å². The molecular formula is C15H14FNO. The standard InChI is InChI=1S/C15H14FNO/c1-9-6-13(16)12(8-14(9)17)10-2-3-15-11(7-10)4-5-18-15/h2-3,6-8H,4-5,17H2,1H3. The summed E-state index contributed by atoms with van der Waals surface area (Å²) in [5.74, 6) is 0.666. The summed E-state index contributed by atoms with van der Waals surface area (Å²) in [6, 6.07) is 8.93. The van der Waals surface area contributed by atoms with Gasteiger partial charge in [0.15, 0.2) is 0 Å². The van der Waals surface area contributed by atoms with Crippen molar-refractivity contribution in [3.63, 3.8) is 0 Å². The maximum atomic E-state index is 14.0. The molecule has 0 radical (unpaired) electrons. The summed E-state index contributed by atoms with van der Waals surface area (Å²) < 4.78 is 19.4. The van der Waals surface area contributed by atoms with Crippen LogP contribution in [0.25, 0.3) is 11.1 Å². The molecule has 2 nitrogen and oxygen atoms in total. The summed E-state index contributed by atoms with van der Waals surface area (Å²) in [5.41, 5.74) is 9.76. The number of halogens is 1. The molecule has 1 aliphatic rings. The van der Waals surface area contributed by atoms with Crippen LogP contribution in [0.15, 0.2) is 30.3 Å². The van der Waals surface area contributed by atoms with Gasteiger partial charge in [-0.15, -0.1) is 0 Å². The largest absolute Gasteiger partial charge is 0.493 e. The summed E-state index contributed by atoms with van der Waals surface area (Å²) in [6.45, 7) is 2.51. The van der Waals surface area contributed by atoms with E-state index >= 15 is 0 Å². The van der Waals surface area contributed by atoms with E-state index in [4.69, 9.17) is 10.5 Å². The number of rotatable bonds is 1. The molecule has 0 atom stereocenters. The van der Waals surface area contributed by atoms with Gasteiger partial charge in [-0.1, -0.05) is 6.07 Å². The zero-order chi connectivity index (χ0) is 12.7. The number of nitrogen functional groups attached to an aromatic ring is 1. The van der Waals surface area contributed by atoms with Gasteiger partial charge in [0.2, 0.25) is 0 Å². The Morgan fingerprint density at radius 2 is 2.06 bits per heavy atom. The van der Waals surface area contributed by atoms with Crippen LogP contribution in [-0.2, 0) is 6.42 Å².